The highest BCUT2D eigenvalue weighted by atomic mass is 14.7. The van der Waals surface area contributed by atoms with E-state index >= 15 is 0 Å². The normalized spacial score (nSPS) is 16.1. The second-order valence-electron chi connectivity index (χ2n) is 6.29. The first kappa shape index (κ1) is 13.4. The predicted molar refractivity (Wildman–Crippen MR) is 85.1 cm³/mol. The van der Waals surface area contributed by atoms with Crippen molar-refractivity contribution in [2.24, 2.45) is 5.73 Å². The Morgan fingerprint density at radius 1 is 1.00 bits per heavy atom. The van der Waals surface area contributed by atoms with Gasteiger partial charge in [-0.25, -0.2) is 0 Å². The summed E-state index contributed by atoms with van der Waals surface area (Å²) in [4.78, 5) is 0. The fourth-order valence-corrected chi connectivity index (χ4v) is 2.95. The van der Waals surface area contributed by atoms with E-state index in [2.05, 4.69) is 56.3 Å². The van der Waals surface area contributed by atoms with Gasteiger partial charge in [-0.2, -0.15) is 0 Å². The molecule has 1 aliphatic rings. The fourth-order valence-electron chi connectivity index (χ4n) is 2.95. The Balaban J connectivity index is 1.80. The van der Waals surface area contributed by atoms with Crippen molar-refractivity contribution in [2.45, 2.75) is 38.5 Å². The van der Waals surface area contributed by atoms with Crippen LogP contribution in [-0.2, 0) is 11.8 Å². The summed E-state index contributed by atoms with van der Waals surface area (Å²) >= 11 is 0. The molecule has 2 aromatic carbocycles. The van der Waals surface area contributed by atoms with Crippen LogP contribution in [0.3, 0.4) is 0 Å². The molecule has 0 heterocycles. The minimum atomic E-state index is 0.303. The van der Waals surface area contributed by atoms with E-state index in [9.17, 15) is 0 Å². The van der Waals surface area contributed by atoms with Crippen molar-refractivity contribution in [3.63, 3.8) is 0 Å². The molecule has 0 atom stereocenters. The quantitative estimate of drug-likeness (QED) is 0.892. The molecule has 1 saturated carbocycles. The van der Waals surface area contributed by atoms with E-state index in [1.807, 2.05) is 0 Å². The topological polar surface area (TPSA) is 26.0 Å². The first-order chi connectivity index (χ1) is 9.63. The molecule has 0 saturated heterocycles. The minimum Gasteiger partial charge on any atom is -0.330 e. The molecule has 0 amide bonds. The smallest absolute Gasteiger partial charge is 0.00762 e. The number of nitrogens with two attached hydrogens (primary N) is 1. The van der Waals surface area contributed by atoms with E-state index < -0.39 is 0 Å². The standard InChI is InChI=1S/C19H23N/c1-14-3-4-15(2)17(11-14)12-16-5-7-18(8-6-16)19(13-20)9-10-19/h3-8,11H,9-10,12-13,20H2,1-2H3. The molecule has 0 aliphatic heterocycles. The van der Waals surface area contributed by atoms with E-state index in [1.165, 1.54) is 40.7 Å². The number of rotatable bonds is 4. The number of aryl methyl sites for hydroxylation is 2. The van der Waals surface area contributed by atoms with Gasteiger partial charge in [-0.1, -0.05) is 48.0 Å². The molecule has 0 radical (unpaired) electrons. The molecule has 104 valence electrons. The Kier molecular flexibility index (Phi) is 3.39. The Bertz CT molecular complexity index is 606. The Morgan fingerprint density at radius 2 is 1.70 bits per heavy atom. The summed E-state index contributed by atoms with van der Waals surface area (Å²) in [7, 11) is 0. The molecular formula is C19H23N. The molecule has 2 aromatic rings. The van der Waals surface area contributed by atoms with Crippen LogP contribution in [0.2, 0.25) is 0 Å². The minimum absolute atomic E-state index is 0.303. The van der Waals surface area contributed by atoms with Gasteiger partial charge in [-0.3, -0.25) is 0 Å². The van der Waals surface area contributed by atoms with E-state index in [0.29, 0.717) is 5.41 Å². The fraction of sp³-hybridized carbons (Fsp3) is 0.368. The molecule has 1 heteroatoms. The van der Waals surface area contributed by atoms with Gasteiger partial charge < -0.3 is 5.73 Å². The van der Waals surface area contributed by atoms with Crippen LogP contribution in [0.15, 0.2) is 42.5 Å². The lowest BCUT2D eigenvalue weighted by atomic mass is 9.93. The van der Waals surface area contributed by atoms with Crippen molar-refractivity contribution in [3.05, 3.63) is 70.3 Å². The Hall–Kier alpha value is -1.60. The first-order valence-corrected chi connectivity index (χ1v) is 7.49. The lowest BCUT2D eigenvalue weighted by Crippen LogP contribution is -2.19. The van der Waals surface area contributed by atoms with E-state index in [1.54, 1.807) is 0 Å². The summed E-state index contributed by atoms with van der Waals surface area (Å²) in [6.07, 6.45) is 3.52. The maximum atomic E-state index is 5.90. The van der Waals surface area contributed by atoms with Crippen LogP contribution in [-0.4, -0.2) is 6.54 Å². The van der Waals surface area contributed by atoms with Gasteiger partial charge in [0.25, 0.3) is 0 Å². The van der Waals surface area contributed by atoms with E-state index in [0.717, 1.165) is 13.0 Å². The zero-order valence-corrected chi connectivity index (χ0v) is 12.4. The molecule has 2 N–H and O–H groups in total. The van der Waals surface area contributed by atoms with Crippen LogP contribution in [0.4, 0.5) is 0 Å². The third-order valence-electron chi connectivity index (χ3n) is 4.71. The molecular weight excluding hydrogens is 242 g/mol. The third-order valence-corrected chi connectivity index (χ3v) is 4.71. The summed E-state index contributed by atoms with van der Waals surface area (Å²) in [5.74, 6) is 0. The van der Waals surface area contributed by atoms with Crippen LogP contribution in [0.5, 0.6) is 0 Å². The Labute approximate surface area is 121 Å². The Morgan fingerprint density at radius 3 is 2.30 bits per heavy atom. The van der Waals surface area contributed by atoms with Gasteiger partial charge in [0.1, 0.15) is 0 Å². The first-order valence-electron chi connectivity index (χ1n) is 7.49. The number of benzene rings is 2. The highest BCUT2D eigenvalue weighted by Gasteiger charge is 2.42. The van der Waals surface area contributed by atoms with Crippen LogP contribution in [0, 0.1) is 13.8 Å². The van der Waals surface area contributed by atoms with Crippen LogP contribution in [0.1, 0.15) is 40.7 Å². The third kappa shape index (κ3) is 2.51. The van der Waals surface area contributed by atoms with Crippen molar-refractivity contribution < 1.29 is 0 Å². The van der Waals surface area contributed by atoms with Crippen molar-refractivity contribution >= 4 is 0 Å². The van der Waals surface area contributed by atoms with Gasteiger partial charge in [0.2, 0.25) is 0 Å². The summed E-state index contributed by atoms with van der Waals surface area (Å²) in [6.45, 7) is 5.13. The summed E-state index contributed by atoms with van der Waals surface area (Å²) in [6, 6.07) is 15.8. The van der Waals surface area contributed by atoms with Crippen LogP contribution >= 0.6 is 0 Å². The lowest BCUT2D eigenvalue weighted by molar-refractivity contribution is 0.704. The monoisotopic (exact) mass is 265 g/mol. The molecule has 3 rings (SSSR count). The molecule has 1 aliphatic carbocycles. The summed E-state index contributed by atoms with van der Waals surface area (Å²) in [5, 5.41) is 0. The van der Waals surface area contributed by atoms with Crippen molar-refractivity contribution in [2.75, 3.05) is 6.54 Å². The zero-order chi connectivity index (χ0) is 14.2. The average Bonchev–Trinajstić information content (AvgIpc) is 3.25. The molecule has 0 spiro atoms. The second-order valence-corrected chi connectivity index (χ2v) is 6.29. The molecule has 1 nitrogen and oxygen atoms in total. The zero-order valence-electron chi connectivity index (χ0n) is 12.4. The number of hydrogen-bond acceptors (Lipinski definition) is 1. The van der Waals surface area contributed by atoms with Crippen LogP contribution in [0.25, 0.3) is 0 Å². The predicted octanol–water partition coefficient (Wildman–Crippen LogP) is 3.88. The largest absolute Gasteiger partial charge is 0.330 e. The SMILES string of the molecule is Cc1ccc(C)c(Cc2ccc(C3(CN)CC3)cc2)c1. The van der Waals surface area contributed by atoms with Crippen LogP contribution < -0.4 is 5.73 Å². The molecule has 0 unspecified atom stereocenters. The summed E-state index contributed by atoms with van der Waals surface area (Å²) < 4.78 is 0. The molecule has 1 fully saturated rings. The highest BCUT2D eigenvalue weighted by Crippen LogP contribution is 2.47. The van der Waals surface area contributed by atoms with Gasteiger partial charge in [0.05, 0.1) is 0 Å². The van der Waals surface area contributed by atoms with E-state index in [-0.39, 0.29) is 0 Å². The van der Waals surface area contributed by atoms with Gasteiger partial charge in [-0.05, 0) is 55.4 Å². The van der Waals surface area contributed by atoms with Gasteiger partial charge in [0.15, 0.2) is 0 Å². The molecule has 20 heavy (non-hydrogen) atoms. The molecule has 0 bridgehead atoms. The maximum absolute atomic E-state index is 5.90. The summed E-state index contributed by atoms with van der Waals surface area (Å²) in [5.41, 5.74) is 13.1. The van der Waals surface area contributed by atoms with Crippen molar-refractivity contribution in [1.82, 2.24) is 0 Å². The van der Waals surface area contributed by atoms with Crippen molar-refractivity contribution in [1.29, 1.82) is 0 Å². The second kappa shape index (κ2) is 5.06. The lowest BCUT2D eigenvalue weighted by Gasteiger charge is -2.14. The van der Waals surface area contributed by atoms with Crippen molar-refractivity contribution in [3.8, 4) is 0 Å². The highest BCUT2D eigenvalue weighted by molar-refractivity contribution is 5.38. The maximum Gasteiger partial charge on any atom is 0.00762 e. The molecule has 0 aromatic heterocycles. The van der Waals surface area contributed by atoms with E-state index in [4.69, 9.17) is 5.73 Å². The number of hydrogen-bond donors (Lipinski definition) is 1. The van der Waals surface area contributed by atoms with Gasteiger partial charge in [-0.15, -0.1) is 0 Å². The van der Waals surface area contributed by atoms with Gasteiger partial charge >= 0.3 is 0 Å². The average molecular weight is 265 g/mol. The van der Waals surface area contributed by atoms with Gasteiger partial charge in [0, 0.05) is 12.0 Å².